The van der Waals surface area contributed by atoms with Gasteiger partial charge in [-0.25, -0.2) is 0 Å². The normalized spacial score (nSPS) is 20.4. The molecule has 3 rings (SSSR count). The summed E-state index contributed by atoms with van der Waals surface area (Å²) in [5, 5.41) is 0. The summed E-state index contributed by atoms with van der Waals surface area (Å²) in [6, 6.07) is 19.4. The van der Waals surface area contributed by atoms with Crippen LogP contribution in [-0.4, -0.2) is 19.0 Å². The molecule has 0 radical (unpaired) electrons. The highest BCUT2D eigenvalue weighted by molar-refractivity contribution is 6.16. The molecule has 2 aromatic rings. The minimum absolute atomic E-state index is 0.223. The molecule has 0 spiro atoms. The lowest BCUT2D eigenvalue weighted by atomic mass is 10.1. The van der Waals surface area contributed by atoms with Crippen molar-refractivity contribution >= 4 is 17.2 Å². The fraction of sp³-hybridized carbons (Fsp3) is 0.348. The number of para-hydroxylation sites is 2. The number of aliphatic imine (C=N–C) groups is 1. The summed E-state index contributed by atoms with van der Waals surface area (Å²) in [5.41, 5.74) is 5.06. The Bertz CT molecular complexity index is 792. The van der Waals surface area contributed by atoms with Gasteiger partial charge in [-0.2, -0.15) is 0 Å². The molecule has 1 aliphatic heterocycles. The zero-order chi connectivity index (χ0) is 18.5. The Morgan fingerprint density at radius 1 is 0.962 bits per heavy atom. The predicted molar refractivity (Wildman–Crippen MR) is 113 cm³/mol. The van der Waals surface area contributed by atoms with Crippen LogP contribution in [0.1, 0.15) is 39.2 Å². The molecule has 26 heavy (non-hydrogen) atoms. The van der Waals surface area contributed by atoms with Crippen molar-refractivity contribution in [2.24, 2.45) is 4.99 Å². The van der Waals surface area contributed by atoms with Gasteiger partial charge in [-0.15, -0.1) is 0 Å². The maximum Gasteiger partial charge on any atom is 0.153 e. The number of hydrogen-bond donors (Lipinski definition) is 0. The standard InChI is InChI=1S/C23H29N3/c1-5-13-18-14-11-12-17-21(18)26-22(7-3)25(19-15-9-8-10-16-19)20(6-2)23(26)24-4/h6,8-12,14-17,22H,5,7,13H2,1-4H3. The maximum atomic E-state index is 4.71. The number of rotatable bonds is 5. The van der Waals surface area contributed by atoms with Gasteiger partial charge < -0.3 is 9.80 Å². The van der Waals surface area contributed by atoms with Crippen LogP contribution < -0.4 is 9.80 Å². The molecule has 1 unspecified atom stereocenters. The van der Waals surface area contributed by atoms with Gasteiger partial charge in [0, 0.05) is 18.4 Å². The first-order chi connectivity index (χ1) is 12.8. The average molecular weight is 348 g/mol. The lowest BCUT2D eigenvalue weighted by molar-refractivity contribution is 0.666. The van der Waals surface area contributed by atoms with Crippen LogP contribution in [0.25, 0.3) is 0 Å². The quantitative estimate of drug-likeness (QED) is 0.697. The van der Waals surface area contributed by atoms with Gasteiger partial charge in [-0.3, -0.25) is 4.99 Å². The topological polar surface area (TPSA) is 18.8 Å². The Morgan fingerprint density at radius 3 is 2.27 bits per heavy atom. The monoisotopic (exact) mass is 347 g/mol. The molecule has 3 nitrogen and oxygen atoms in total. The Morgan fingerprint density at radius 2 is 1.65 bits per heavy atom. The van der Waals surface area contributed by atoms with Crippen molar-refractivity contribution in [2.45, 2.75) is 46.2 Å². The average Bonchev–Trinajstić information content (AvgIpc) is 3.02. The molecule has 2 aromatic carbocycles. The van der Waals surface area contributed by atoms with Crippen LogP contribution >= 0.6 is 0 Å². The van der Waals surface area contributed by atoms with Gasteiger partial charge in [0.05, 0.1) is 5.70 Å². The Hall–Kier alpha value is -2.55. The highest BCUT2D eigenvalue weighted by Gasteiger charge is 2.40. The molecule has 0 saturated carbocycles. The molecule has 0 aliphatic carbocycles. The van der Waals surface area contributed by atoms with Crippen molar-refractivity contribution in [3.63, 3.8) is 0 Å². The van der Waals surface area contributed by atoms with E-state index < -0.39 is 0 Å². The molecule has 1 heterocycles. The van der Waals surface area contributed by atoms with E-state index in [-0.39, 0.29) is 6.17 Å². The minimum Gasteiger partial charge on any atom is -0.317 e. The molecule has 136 valence electrons. The van der Waals surface area contributed by atoms with E-state index in [1.165, 1.54) is 22.6 Å². The lowest BCUT2D eigenvalue weighted by Crippen LogP contribution is -2.39. The summed E-state index contributed by atoms with van der Waals surface area (Å²) in [6.07, 6.45) is 5.63. The van der Waals surface area contributed by atoms with Crippen molar-refractivity contribution in [1.29, 1.82) is 0 Å². The molecule has 0 bridgehead atoms. The zero-order valence-corrected chi connectivity index (χ0v) is 16.3. The van der Waals surface area contributed by atoms with Gasteiger partial charge in [0.25, 0.3) is 0 Å². The molecule has 0 aromatic heterocycles. The third-order valence-electron chi connectivity index (χ3n) is 4.97. The second kappa shape index (κ2) is 8.22. The van der Waals surface area contributed by atoms with E-state index in [2.05, 4.69) is 91.2 Å². The molecule has 3 heteroatoms. The molecular weight excluding hydrogens is 318 g/mol. The van der Waals surface area contributed by atoms with Crippen LogP contribution in [-0.2, 0) is 6.42 Å². The van der Waals surface area contributed by atoms with Gasteiger partial charge in [-0.1, -0.05) is 62.7 Å². The first-order valence-corrected chi connectivity index (χ1v) is 9.61. The fourth-order valence-electron chi connectivity index (χ4n) is 3.90. The molecule has 0 amide bonds. The van der Waals surface area contributed by atoms with Gasteiger partial charge in [0.15, 0.2) is 5.84 Å². The van der Waals surface area contributed by atoms with E-state index in [1.54, 1.807) is 0 Å². The molecule has 1 fully saturated rings. The van der Waals surface area contributed by atoms with Crippen molar-refractivity contribution in [3.05, 3.63) is 71.9 Å². The molecule has 1 aliphatic rings. The van der Waals surface area contributed by atoms with Gasteiger partial charge >= 0.3 is 0 Å². The lowest BCUT2D eigenvalue weighted by Gasteiger charge is -2.32. The van der Waals surface area contributed by atoms with Crippen LogP contribution in [0.4, 0.5) is 11.4 Å². The number of benzene rings is 2. The van der Waals surface area contributed by atoms with Crippen LogP contribution in [0.15, 0.2) is 71.4 Å². The molecule has 0 N–H and O–H groups in total. The number of allylic oxidation sites excluding steroid dienone is 1. The molecular formula is C23H29N3. The van der Waals surface area contributed by atoms with E-state index in [9.17, 15) is 0 Å². The first kappa shape index (κ1) is 18.2. The van der Waals surface area contributed by atoms with Crippen LogP contribution in [0.2, 0.25) is 0 Å². The predicted octanol–water partition coefficient (Wildman–Crippen LogP) is 5.63. The number of nitrogens with zero attached hydrogens (tertiary/aromatic N) is 3. The second-order valence-corrected chi connectivity index (χ2v) is 6.56. The van der Waals surface area contributed by atoms with Gasteiger partial charge in [-0.05, 0) is 43.5 Å². The summed E-state index contributed by atoms with van der Waals surface area (Å²) in [6.45, 7) is 6.59. The minimum atomic E-state index is 0.223. The summed E-state index contributed by atoms with van der Waals surface area (Å²) < 4.78 is 0. The first-order valence-electron chi connectivity index (χ1n) is 9.61. The van der Waals surface area contributed by atoms with Crippen LogP contribution in [0.5, 0.6) is 0 Å². The SMILES string of the molecule is CC=C1C(=NC)N(c2ccccc2CCC)C(CC)N1c1ccccc1. The van der Waals surface area contributed by atoms with Crippen molar-refractivity contribution < 1.29 is 0 Å². The van der Waals surface area contributed by atoms with E-state index in [1.807, 2.05) is 7.05 Å². The van der Waals surface area contributed by atoms with Crippen molar-refractivity contribution in [1.82, 2.24) is 0 Å². The second-order valence-electron chi connectivity index (χ2n) is 6.56. The van der Waals surface area contributed by atoms with Crippen LogP contribution in [0, 0.1) is 0 Å². The zero-order valence-electron chi connectivity index (χ0n) is 16.3. The Balaban J connectivity index is 2.16. The van der Waals surface area contributed by atoms with Gasteiger partial charge in [0.2, 0.25) is 0 Å². The molecule has 1 atom stereocenters. The third kappa shape index (κ3) is 3.14. The van der Waals surface area contributed by atoms with E-state index in [0.717, 1.165) is 25.1 Å². The Labute approximate surface area is 157 Å². The summed E-state index contributed by atoms with van der Waals surface area (Å²) in [7, 11) is 1.90. The smallest absolute Gasteiger partial charge is 0.153 e. The van der Waals surface area contributed by atoms with Gasteiger partial charge in [0.1, 0.15) is 6.17 Å². The van der Waals surface area contributed by atoms with E-state index in [0.29, 0.717) is 0 Å². The largest absolute Gasteiger partial charge is 0.317 e. The van der Waals surface area contributed by atoms with E-state index >= 15 is 0 Å². The summed E-state index contributed by atoms with van der Waals surface area (Å²) in [5.74, 6) is 1.05. The number of aryl methyl sites for hydroxylation is 1. The highest BCUT2D eigenvalue weighted by atomic mass is 15.5. The summed E-state index contributed by atoms with van der Waals surface area (Å²) >= 11 is 0. The highest BCUT2D eigenvalue weighted by Crippen LogP contribution is 2.38. The Kier molecular flexibility index (Phi) is 5.77. The van der Waals surface area contributed by atoms with E-state index in [4.69, 9.17) is 4.99 Å². The fourth-order valence-corrected chi connectivity index (χ4v) is 3.90. The maximum absolute atomic E-state index is 4.71. The number of amidine groups is 1. The number of hydrogen-bond acceptors (Lipinski definition) is 2. The van der Waals surface area contributed by atoms with Crippen LogP contribution in [0.3, 0.4) is 0 Å². The third-order valence-corrected chi connectivity index (χ3v) is 4.97. The van der Waals surface area contributed by atoms with Crippen molar-refractivity contribution in [3.8, 4) is 0 Å². The molecule has 1 saturated heterocycles. The van der Waals surface area contributed by atoms with Crippen molar-refractivity contribution in [2.75, 3.05) is 16.8 Å². The summed E-state index contributed by atoms with van der Waals surface area (Å²) in [4.78, 5) is 9.55. The number of anilines is 2.